The van der Waals surface area contributed by atoms with Gasteiger partial charge in [-0.05, 0) is 62.6 Å². The number of para-hydroxylation sites is 1. The van der Waals surface area contributed by atoms with Crippen molar-refractivity contribution in [2.45, 2.75) is 38.1 Å². The first-order valence-corrected chi connectivity index (χ1v) is 11.4. The van der Waals surface area contributed by atoms with Crippen LogP contribution in [-0.2, 0) is 17.1 Å². The molecule has 3 aromatic rings. The number of fused-ring (bicyclic) bond motifs is 1. The van der Waals surface area contributed by atoms with Crippen molar-refractivity contribution in [1.29, 1.82) is 0 Å². The summed E-state index contributed by atoms with van der Waals surface area (Å²) in [4.78, 5) is 2.47. The van der Waals surface area contributed by atoms with E-state index in [2.05, 4.69) is 10.00 Å². The number of anilines is 2. The summed E-state index contributed by atoms with van der Waals surface area (Å²) in [5.41, 5.74) is 4.68. The number of aryl methyl sites for hydroxylation is 3. The maximum Gasteiger partial charge on any atom is 0.265 e. The highest BCUT2D eigenvalue weighted by Gasteiger charge is 2.44. The lowest BCUT2D eigenvalue weighted by molar-refractivity contribution is 0.487. The number of benzene rings is 2. The van der Waals surface area contributed by atoms with Gasteiger partial charge in [-0.2, -0.15) is 5.10 Å². The van der Waals surface area contributed by atoms with Crippen LogP contribution in [-0.4, -0.2) is 37.3 Å². The molecule has 2 aromatic carbocycles. The molecule has 0 bridgehead atoms. The molecule has 0 unspecified atom stereocenters. The van der Waals surface area contributed by atoms with E-state index < -0.39 is 15.6 Å². The van der Waals surface area contributed by atoms with E-state index in [-0.39, 0.29) is 0 Å². The third-order valence-corrected chi connectivity index (χ3v) is 7.91. The van der Waals surface area contributed by atoms with E-state index in [4.69, 9.17) is 0 Å². The Morgan fingerprint density at radius 3 is 2.37 bits per heavy atom. The Morgan fingerprint density at radius 1 is 1.00 bits per heavy atom. The predicted octanol–water partition coefficient (Wildman–Crippen LogP) is 4.13. The van der Waals surface area contributed by atoms with Crippen molar-refractivity contribution in [3.63, 3.8) is 0 Å². The van der Waals surface area contributed by atoms with Crippen molar-refractivity contribution in [3.05, 3.63) is 59.9 Å². The highest BCUT2D eigenvalue weighted by Crippen LogP contribution is 2.44. The van der Waals surface area contributed by atoms with E-state index in [9.17, 15) is 8.42 Å². The van der Waals surface area contributed by atoms with Crippen LogP contribution >= 0.6 is 0 Å². The second kappa shape index (κ2) is 6.87. The monoisotopic (exact) mass is 424 g/mol. The number of nitrogens with zero attached hydrogens (tertiary/aromatic N) is 4. The number of hydrogen-bond acceptors (Lipinski definition) is 4. The number of aromatic nitrogens is 2. The Balaban J connectivity index is 1.87. The van der Waals surface area contributed by atoms with Crippen LogP contribution in [0.4, 0.5) is 11.4 Å². The topological polar surface area (TPSA) is 58.4 Å². The fourth-order valence-electron chi connectivity index (χ4n) is 4.48. The van der Waals surface area contributed by atoms with Crippen LogP contribution in [0.3, 0.4) is 0 Å². The zero-order chi connectivity index (χ0) is 21.8. The molecule has 1 aliphatic rings. The van der Waals surface area contributed by atoms with Gasteiger partial charge in [-0.3, -0.25) is 8.99 Å². The molecular weight excluding hydrogens is 396 g/mol. The van der Waals surface area contributed by atoms with Crippen LogP contribution < -0.4 is 9.21 Å². The van der Waals surface area contributed by atoms with Crippen molar-refractivity contribution in [2.24, 2.45) is 7.05 Å². The fraction of sp³-hybridized carbons (Fsp3) is 0.348. The average Bonchev–Trinajstić information content (AvgIpc) is 3.08. The van der Waals surface area contributed by atoms with Crippen molar-refractivity contribution < 1.29 is 8.42 Å². The molecule has 6 nitrogen and oxygen atoms in total. The molecule has 0 aliphatic carbocycles. The molecule has 7 heteroatoms. The maximum absolute atomic E-state index is 14.0. The summed E-state index contributed by atoms with van der Waals surface area (Å²) in [5, 5.41) is 4.21. The summed E-state index contributed by atoms with van der Waals surface area (Å²) in [6.07, 6.45) is 3.71. The van der Waals surface area contributed by atoms with Crippen LogP contribution in [0.1, 0.15) is 25.0 Å². The SMILES string of the molecule is Cc1cc(-c2cnn(C)c2)ccc1S(=O)(=O)N1c2c(C)cccc2N(C)CC1(C)C. The molecule has 2 heterocycles. The van der Waals surface area contributed by atoms with Crippen molar-refractivity contribution in [1.82, 2.24) is 9.78 Å². The smallest absolute Gasteiger partial charge is 0.265 e. The Kier molecular flexibility index (Phi) is 4.69. The number of hydrogen-bond donors (Lipinski definition) is 0. The Hall–Kier alpha value is -2.80. The molecule has 0 saturated heterocycles. The number of sulfonamides is 1. The van der Waals surface area contributed by atoms with Crippen molar-refractivity contribution in [3.8, 4) is 11.1 Å². The van der Waals surface area contributed by atoms with E-state index in [0.717, 1.165) is 33.6 Å². The van der Waals surface area contributed by atoms with Gasteiger partial charge in [0, 0.05) is 32.4 Å². The second-order valence-electron chi connectivity index (χ2n) is 8.76. The van der Waals surface area contributed by atoms with Crippen LogP contribution in [0.5, 0.6) is 0 Å². The molecule has 1 aliphatic heterocycles. The molecule has 0 saturated carbocycles. The van der Waals surface area contributed by atoms with Crippen LogP contribution in [0.25, 0.3) is 11.1 Å². The molecule has 0 spiro atoms. The van der Waals surface area contributed by atoms with Gasteiger partial charge in [0.1, 0.15) is 0 Å². The summed E-state index contributed by atoms with van der Waals surface area (Å²) >= 11 is 0. The lowest BCUT2D eigenvalue weighted by Gasteiger charge is -2.48. The van der Waals surface area contributed by atoms with Gasteiger partial charge in [0.15, 0.2) is 0 Å². The molecule has 30 heavy (non-hydrogen) atoms. The van der Waals surface area contributed by atoms with Gasteiger partial charge in [-0.15, -0.1) is 0 Å². The van der Waals surface area contributed by atoms with Crippen molar-refractivity contribution in [2.75, 3.05) is 22.8 Å². The standard InChI is InChI=1S/C23H28N4O2S/c1-16-8-7-9-20-22(16)27(23(3,4)15-25(20)5)30(28,29)21-11-10-18(12-17(21)2)19-13-24-26(6)14-19/h7-14H,15H2,1-6H3. The summed E-state index contributed by atoms with van der Waals surface area (Å²) in [5.74, 6) is 0. The maximum atomic E-state index is 14.0. The summed E-state index contributed by atoms with van der Waals surface area (Å²) in [7, 11) is 0.110. The van der Waals surface area contributed by atoms with Gasteiger partial charge in [0.25, 0.3) is 10.0 Å². The summed E-state index contributed by atoms with van der Waals surface area (Å²) in [6.45, 7) is 8.39. The summed E-state index contributed by atoms with van der Waals surface area (Å²) in [6, 6.07) is 11.4. The first kappa shape index (κ1) is 20.5. The summed E-state index contributed by atoms with van der Waals surface area (Å²) < 4.78 is 31.3. The van der Waals surface area contributed by atoms with Crippen molar-refractivity contribution >= 4 is 21.4 Å². The second-order valence-corrected chi connectivity index (χ2v) is 10.5. The molecule has 0 fully saturated rings. The Labute approximate surface area is 178 Å². The van der Waals surface area contributed by atoms with E-state index >= 15 is 0 Å². The number of rotatable bonds is 3. The molecular formula is C23H28N4O2S. The van der Waals surface area contributed by atoms with Crippen LogP contribution in [0, 0.1) is 13.8 Å². The quantitative estimate of drug-likeness (QED) is 0.634. The number of likely N-dealkylation sites (N-methyl/N-ethyl adjacent to an activating group) is 1. The highest BCUT2D eigenvalue weighted by atomic mass is 32.2. The molecule has 0 atom stereocenters. The third-order valence-electron chi connectivity index (χ3n) is 5.74. The molecule has 0 N–H and O–H groups in total. The minimum Gasteiger partial charge on any atom is -0.371 e. The molecule has 1 aromatic heterocycles. The van der Waals surface area contributed by atoms with Crippen LogP contribution in [0.2, 0.25) is 0 Å². The Morgan fingerprint density at radius 2 is 1.73 bits per heavy atom. The predicted molar refractivity (Wildman–Crippen MR) is 122 cm³/mol. The van der Waals surface area contributed by atoms with Gasteiger partial charge in [0.2, 0.25) is 0 Å². The highest BCUT2D eigenvalue weighted by molar-refractivity contribution is 7.93. The fourth-order valence-corrected chi connectivity index (χ4v) is 6.57. The lowest BCUT2D eigenvalue weighted by Crippen LogP contribution is -2.57. The van der Waals surface area contributed by atoms with Gasteiger partial charge < -0.3 is 4.90 Å². The average molecular weight is 425 g/mol. The first-order chi connectivity index (χ1) is 14.0. The van der Waals surface area contributed by atoms with Gasteiger partial charge in [-0.1, -0.05) is 18.2 Å². The first-order valence-electron chi connectivity index (χ1n) is 9.98. The minimum absolute atomic E-state index is 0.335. The van der Waals surface area contributed by atoms with Gasteiger partial charge >= 0.3 is 0 Å². The molecule has 4 rings (SSSR count). The van der Waals surface area contributed by atoms with E-state index in [1.54, 1.807) is 21.3 Å². The zero-order valence-electron chi connectivity index (χ0n) is 18.3. The van der Waals surface area contributed by atoms with Gasteiger partial charge in [0.05, 0.1) is 28.0 Å². The molecule has 0 radical (unpaired) electrons. The van der Waals surface area contributed by atoms with E-state index in [1.807, 2.05) is 78.3 Å². The Bertz CT molecular complexity index is 1230. The minimum atomic E-state index is -3.77. The lowest BCUT2D eigenvalue weighted by atomic mass is 9.98. The molecule has 158 valence electrons. The van der Waals surface area contributed by atoms with E-state index in [0.29, 0.717) is 11.4 Å². The van der Waals surface area contributed by atoms with Gasteiger partial charge in [-0.25, -0.2) is 8.42 Å². The largest absolute Gasteiger partial charge is 0.371 e. The zero-order valence-corrected chi connectivity index (χ0v) is 19.2. The third kappa shape index (κ3) is 3.17. The molecule has 0 amide bonds. The van der Waals surface area contributed by atoms with Crippen LogP contribution in [0.15, 0.2) is 53.7 Å². The van der Waals surface area contributed by atoms with E-state index in [1.165, 1.54) is 0 Å². The normalized spacial score (nSPS) is 15.9.